The van der Waals surface area contributed by atoms with Gasteiger partial charge >= 0.3 is 33.3 Å². The Balaban J connectivity index is 0.000000221. The number of nitrogens with one attached hydrogen (secondary N) is 1. The fraction of sp³-hybridized carbons (Fsp3) is 0.317. The predicted octanol–water partition coefficient (Wildman–Crippen LogP) is 6.98. The number of likely N-dealkylation sites (N-methyl/N-ethyl adjacent to an activating group) is 1. The highest BCUT2D eigenvalue weighted by molar-refractivity contribution is 7.90. The predicted molar refractivity (Wildman–Crippen MR) is 233 cm³/mol. The molecule has 68 heavy (non-hydrogen) atoms. The van der Waals surface area contributed by atoms with Gasteiger partial charge in [0.25, 0.3) is 11.8 Å². The van der Waals surface area contributed by atoms with E-state index in [1.165, 1.54) is 69.3 Å². The molecule has 1 N–H and O–H groups in total. The maximum Gasteiger partial charge on any atom is 0.314 e. The molecule has 27 heteroatoms. The van der Waals surface area contributed by atoms with Gasteiger partial charge in [-0.25, -0.2) is 17.6 Å². The first kappa shape index (κ1) is 51.6. The summed E-state index contributed by atoms with van der Waals surface area (Å²) in [5.41, 5.74) is 0.156. The van der Waals surface area contributed by atoms with Crippen molar-refractivity contribution in [2.24, 2.45) is 0 Å². The second-order valence-electron chi connectivity index (χ2n) is 14.9. The average molecular weight is 1020 g/mol. The zero-order valence-electron chi connectivity index (χ0n) is 35.5. The fourth-order valence-electron chi connectivity index (χ4n) is 6.85. The third-order valence-corrected chi connectivity index (χ3v) is 14.3. The molecule has 2 aliphatic heterocycles. The Labute approximate surface area is 390 Å². The van der Waals surface area contributed by atoms with E-state index >= 15 is 0 Å². The van der Waals surface area contributed by atoms with E-state index in [-0.39, 0.29) is 84.0 Å². The van der Waals surface area contributed by atoms with E-state index < -0.39 is 81.4 Å². The van der Waals surface area contributed by atoms with Gasteiger partial charge in [0.1, 0.15) is 23.3 Å². The monoisotopic (exact) mass is 1020 g/mol. The van der Waals surface area contributed by atoms with Gasteiger partial charge in [-0.1, -0.05) is 24.3 Å². The first-order valence-electron chi connectivity index (χ1n) is 20.2. The van der Waals surface area contributed by atoms with Gasteiger partial charge in [0, 0.05) is 74.6 Å². The summed E-state index contributed by atoms with van der Waals surface area (Å²) in [4.78, 5) is 1.98. The Kier molecular flexibility index (Phi) is 16.8. The average Bonchev–Trinajstić information content (AvgIpc) is 4.01. The molecule has 0 radical (unpaired) electrons. The van der Waals surface area contributed by atoms with Crippen molar-refractivity contribution in [1.29, 1.82) is 0 Å². The standard InChI is InChI=1S/C21H21F4N5O3S.C20H19F4N5O3S.ClH/c1-28-7-9-29(10-8-28)34(31,32)30(17-4-2-3-16(22)12-17)13-15-6-5-14(11-18(15)23)20-26-27-21(33-20)19(24)25;21-15-2-1-3-16(11-15)29(33(30,31)28-8-6-25-7-9-28)12-14-5-4-13(10-17(14)22)19-26-27-20(32-19)18(23)24;/h2-6,11-12,19H,7-10,13H2,1H3;1-5,10-11,18,25H,6-9,12H2;1H. The third kappa shape index (κ3) is 12.1. The molecule has 4 aromatic carbocycles. The minimum absolute atomic E-state index is 0. The zero-order chi connectivity index (χ0) is 48.0. The molecular formula is C41H41ClF8N10O6S2. The summed E-state index contributed by atoms with van der Waals surface area (Å²) >= 11 is 0. The number of aromatic nitrogens is 4. The van der Waals surface area contributed by atoms with Gasteiger partial charge in [-0.05, 0) is 67.7 Å². The summed E-state index contributed by atoms with van der Waals surface area (Å²) in [6.07, 6.45) is -5.93. The van der Waals surface area contributed by atoms with Crippen LogP contribution in [0.1, 0.15) is 35.8 Å². The molecular weight excluding hydrogens is 980 g/mol. The van der Waals surface area contributed by atoms with Crippen LogP contribution in [0.15, 0.2) is 93.8 Å². The van der Waals surface area contributed by atoms with Crippen LogP contribution in [0.25, 0.3) is 22.9 Å². The van der Waals surface area contributed by atoms with Crippen LogP contribution in [0.5, 0.6) is 0 Å². The van der Waals surface area contributed by atoms with Crippen molar-refractivity contribution in [1.82, 2.24) is 39.2 Å². The number of anilines is 2. The van der Waals surface area contributed by atoms with Gasteiger partial charge < -0.3 is 19.1 Å². The molecule has 366 valence electrons. The highest BCUT2D eigenvalue weighted by Gasteiger charge is 2.34. The summed E-state index contributed by atoms with van der Waals surface area (Å²) < 4.78 is 176. The van der Waals surface area contributed by atoms with E-state index in [0.29, 0.717) is 26.2 Å². The SMILES string of the molecule is CN1CCN(S(=O)(=O)N(Cc2ccc(-c3nnc(C(F)F)o3)cc2F)c2cccc(F)c2)CC1.Cl.O=S(=O)(N1CCNCC1)N(Cc1ccc(-c2nnc(C(F)F)o2)cc1F)c1cccc(F)c1. The Bertz CT molecular complexity index is 2890. The van der Waals surface area contributed by atoms with Gasteiger partial charge in [0.2, 0.25) is 11.8 Å². The van der Waals surface area contributed by atoms with Crippen LogP contribution in [0.2, 0.25) is 0 Å². The van der Waals surface area contributed by atoms with E-state index in [1.807, 2.05) is 11.9 Å². The number of halogens is 9. The minimum atomic E-state index is -4.12. The van der Waals surface area contributed by atoms with Gasteiger partial charge in [-0.2, -0.15) is 43.0 Å². The first-order chi connectivity index (χ1) is 31.9. The van der Waals surface area contributed by atoms with Crippen molar-refractivity contribution in [3.8, 4) is 22.9 Å². The molecule has 16 nitrogen and oxygen atoms in total. The molecule has 0 atom stereocenters. The summed E-state index contributed by atoms with van der Waals surface area (Å²) in [6, 6.07) is 17.3. The van der Waals surface area contributed by atoms with Crippen molar-refractivity contribution >= 4 is 44.2 Å². The molecule has 2 saturated heterocycles. The van der Waals surface area contributed by atoms with E-state index in [0.717, 1.165) is 32.9 Å². The molecule has 6 aromatic rings. The minimum Gasteiger partial charge on any atom is -0.415 e. The Morgan fingerprint density at radius 2 is 1.00 bits per heavy atom. The van der Waals surface area contributed by atoms with Crippen LogP contribution in [0.3, 0.4) is 0 Å². The van der Waals surface area contributed by atoms with Crippen LogP contribution in [0, 0.1) is 23.3 Å². The lowest BCUT2D eigenvalue weighted by molar-refractivity contribution is 0.115. The number of alkyl halides is 4. The van der Waals surface area contributed by atoms with Crippen molar-refractivity contribution in [2.75, 3.05) is 68.0 Å². The number of nitrogens with zero attached hydrogens (tertiary/aromatic N) is 9. The smallest absolute Gasteiger partial charge is 0.314 e. The van der Waals surface area contributed by atoms with Crippen LogP contribution in [-0.2, 0) is 33.5 Å². The summed E-state index contributed by atoms with van der Waals surface area (Å²) in [6.45, 7) is 1.97. The lowest BCUT2D eigenvalue weighted by Crippen LogP contribution is -2.52. The van der Waals surface area contributed by atoms with Crippen LogP contribution >= 0.6 is 12.4 Å². The van der Waals surface area contributed by atoms with Crippen molar-refractivity contribution in [2.45, 2.75) is 25.9 Å². The molecule has 0 unspecified atom stereocenters. The molecule has 0 aliphatic carbocycles. The number of benzene rings is 4. The number of piperazine rings is 2. The molecule has 0 bridgehead atoms. The molecule has 2 aromatic heterocycles. The van der Waals surface area contributed by atoms with Crippen LogP contribution < -0.4 is 13.9 Å². The van der Waals surface area contributed by atoms with Crippen molar-refractivity contribution in [3.63, 3.8) is 0 Å². The van der Waals surface area contributed by atoms with E-state index in [2.05, 4.69) is 25.7 Å². The Morgan fingerprint density at radius 3 is 1.37 bits per heavy atom. The number of hydrogen-bond acceptors (Lipinski definition) is 12. The van der Waals surface area contributed by atoms with E-state index in [9.17, 15) is 52.0 Å². The maximum atomic E-state index is 15.0. The summed E-state index contributed by atoms with van der Waals surface area (Å²) in [5.74, 6) is -5.30. The van der Waals surface area contributed by atoms with Gasteiger partial charge in [-0.15, -0.1) is 32.8 Å². The summed E-state index contributed by atoms with van der Waals surface area (Å²) in [7, 11) is -6.35. The van der Waals surface area contributed by atoms with Gasteiger partial charge in [-0.3, -0.25) is 8.61 Å². The first-order valence-corrected chi connectivity index (χ1v) is 23.0. The van der Waals surface area contributed by atoms with Gasteiger partial charge in [0.15, 0.2) is 0 Å². The van der Waals surface area contributed by atoms with Crippen molar-refractivity contribution < 1.29 is 60.8 Å². The summed E-state index contributed by atoms with van der Waals surface area (Å²) in [5, 5.41) is 16.4. The van der Waals surface area contributed by atoms with E-state index in [1.54, 1.807) is 0 Å². The molecule has 0 spiro atoms. The van der Waals surface area contributed by atoms with E-state index in [4.69, 9.17) is 8.83 Å². The Morgan fingerprint density at radius 1 is 0.588 bits per heavy atom. The Hall–Kier alpha value is -5.77. The maximum absolute atomic E-state index is 15.0. The largest absolute Gasteiger partial charge is 0.415 e. The highest BCUT2D eigenvalue weighted by Crippen LogP contribution is 2.31. The zero-order valence-corrected chi connectivity index (χ0v) is 38.0. The lowest BCUT2D eigenvalue weighted by Gasteiger charge is -2.36. The molecule has 2 aliphatic rings. The molecule has 4 heterocycles. The second kappa shape index (κ2) is 22.1. The normalized spacial score (nSPS) is 15.2. The lowest BCUT2D eigenvalue weighted by atomic mass is 10.1. The molecule has 2 fully saturated rings. The third-order valence-electron chi connectivity index (χ3n) is 10.4. The van der Waals surface area contributed by atoms with Crippen LogP contribution in [-0.4, -0.2) is 110 Å². The number of rotatable bonds is 14. The van der Waals surface area contributed by atoms with Crippen LogP contribution in [0.4, 0.5) is 46.5 Å². The highest BCUT2D eigenvalue weighted by atomic mass is 35.5. The quantitative estimate of drug-likeness (QED) is 0.111. The molecule has 0 saturated carbocycles. The topological polar surface area (TPSA) is 174 Å². The molecule has 0 amide bonds. The fourth-order valence-corrected chi connectivity index (χ4v) is 10.0. The van der Waals surface area contributed by atoms with Gasteiger partial charge in [0.05, 0.1) is 24.5 Å². The number of hydrogen-bond donors (Lipinski definition) is 1. The molecule has 8 rings (SSSR count). The van der Waals surface area contributed by atoms with Crippen molar-refractivity contribution in [3.05, 3.63) is 131 Å². The second-order valence-corrected chi connectivity index (χ2v) is 18.7.